The van der Waals surface area contributed by atoms with Crippen molar-refractivity contribution in [3.8, 4) is 0 Å². The van der Waals surface area contributed by atoms with E-state index < -0.39 is 0 Å². The topological polar surface area (TPSA) is 0 Å². The second-order valence-corrected chi connectivity index (χ2v) is 11.2. The lowest BCUT2D eigenvalue weighted by molar-refractivity contribution is 0.705. The van der Waals surface area contributed by atoms with Gasteiger partial charge in [-0.05, 0) is 36.9 Å². The van der Waals surface area contributed by atoms with Crippen LogP contribution in [0.3, 0.4) is 0 Å². The first-order valence-electron chi connectivity index (χ1n) is 6.97. The highest BCUT2D eigenvalue weighted by atomic mass is 32.9. The van der Waals surface area contributed by atoms with E-state index in [-0.39, 0.29) is 0 Å². The standard InChI is InChI=1S/C14H32S2/c1-5-7-9-11-13-15(3)16(4)14-12-10-8-6-2/h5-14H2,1-4H3. The van der Waals surface area contributed by atoms with Gasteiger partial charge in [0.25, 0.3) is 0 Å². The molecule has 0 aromatic carbocycles. The molecule has 2 heteroatoms. The molecular weight excluding hydrogens is 232 g/mol. The first-order chi connectivity index (χ1) is 7.72. The fraction of sp³-hybridized carbons (Fsp3) is 1.00. The van der Waals surface area contributed by atoms with Crippen molar-refractivity contribution in [3.63, 3.8) is 0 Å². The van der Waals surface area contributed by atoms with Crippen LogP contribution in [0.5, 0.6) is 0 Å². The van der Waals surface area contributed by atoms with Crippen molar-refractivity contribution in [2.45, 2.75) is 65.2 Å². The zero-order valence-electron chi connectivity index (χ0n) is 11.9. The van der Waals surface area contributed by atoms with E-state index in [1.54, 1.807) is 0 Å². The van der Waals surface area contributed by atoms with E-state index in [9.17, 15) is 0 Å². The molecule has 16 heavy (non-hydrogen) atoms. The number of rotatable bonds is 10. The lowest BCUT2D eigenvalue weighted by Crippen LogP contribution is -2.06. The molecule has 0 bridgehead atoms. The Morgan fingerprint density at radius 1 is 0.562 bits per heavy atom. The Balaban J connectivity index is 3.60. The third kappa shape index (κ3) is 9.89. The Kier molecular flexibility index (Phi) is 12.7. The van der Waals surface area contributed by atoms with Gasteiger partial charge < -0.3 is 0 Å². The lowest BCUT2D eigenvalue weighted by Gasteiger charge is -2.10. The maximum atomic E-state index is 2.49. The van der Waals surface area contributed by atoms with Crippen LogP contribution in [0.1, 0.15) is 65.2 Å². The van der Waals surface area contributed by atoms with E-state index in [0.29, 0.717) is 18.9 Å². The van der Waals surface area contributed by atoms with Gasteiger partial charge in [0.1, 0.15) is 0 Å². The molecule has 0 aromatic rings. The van der Waals surface area contributed by atoms with E-state index in [1.165, 1.54) is 62.9 Å². The molecular formula is C14H32S2. The van der Waals surface area contributed by atoms with Crippen LogP contribution in [-0.2, 0) is 18.9 Å². The van der Waals surface area contributed by atoms with Crippen molar-refractivity contribution in [2.24, 2.45) is 0 Å². The SMILES string of the molecule is CCCCCC/S(C)=S(\C)CCCCCC. The molecule has 0 aliphatic heterocycles. The maximum Gasteiger partial charge on any atom is -0.00703 e. The summed E-state index contributed by atoms with van der Waals surface area (Å²) in [5.74, 6) is 2.99. The van der Waals surface area contributed by atoms with Gasteiger partial charge in [-0.25, -0.2) is 0 Å². The van der Waals surface area contributed by atoms with Gasteiger partial charge in [-0.1, -0.05) is 52.4 Å². The summed E-state index contributed by atoms with van der Waals surface area (Å²) in [5, 5.41) is 0. The van der Waals surface area contributed by atoms with Crippen LogP contribution in [0.15, 0.2) is 0 Å². The smallest absolute Gasteiger partial charge is 0.00703 e. The fourth-order valence-corrected chi connectivity index (χ4v) is 5.95. The first-order valence-corrected chi connectivity index (χ1v) is 11.1. The molecule has 0 rings (SSSR count). The number of unbranched alkanes of at least 4 members (excludes halogenated alkanes) is 6. The zero-order valence-corrected chi connectivity index (χ0v) is 13.5. The van der Waals surface area contributed by atoms with Crippen LogP contribution in [0.4, 0.5) is 0 Å². The Morgan fingerprint density at radius 2 is 0.938 bits per heavy atom. The van der Waals surface area contributed by atoms with Crippen molar-refractivity contribution >= 4 is 18.9 Å². The van der Waals surface area contributed by atoms with Crippen LogP contribution in [0, 0.1) is 0 Å². The van der Waals surface area contributed by atoms with Crippen molar-refractivity contribution in [2.75, 3.05) is 24.0 Å². The van der Waals surface area contributed by atoms with Crippen LogP contribution in [0.2, 0.25) is 0 Å². The second kappa shape index (κ2) is 12.2. The number of hydrogen-bond acceptors (Lipinski definition) is 0. The minimum absolute atomic E-state index is 0.704. The van der Waals surface area contributed by atoms with Gasteiger partial charge in [0.15, 0.2) is 0 Å². The summed E-state index contributed by atoms with van der Waals surface area (Å²) in [6.45, 7) is 4.59. The molecule has 0 spiro atoms. The first kappa shape index (κ1) is 16.7. The highest BCUT2D eigenvalue weighted by molar-refractivity contribution is 8.43. The molecule has 2 unspecified atom stereocenters. The van der Waals surface area contributed by atoms with Gasteiger partial charge in [-0.3, -0.25) is 0 Å². The van der Waals surface area contributed by atoms with Gasteiger partial charge in [0.2, 0.25) is 0 Å². The van der Waals surface area contributed by atoms with E-state index >= 15 is 0 Å². The molecule has 0 amide bonds. The molecule has 0 fully saturated rings. The minimum atomic E-state index is 0.704. The third-order valence-electron chi connectivity index (χ3n) is 3.06. The number of hydrogen-bond donors (Lipinski definition) is 0. The average Bonchev–Trinajstić information content (AvgIpc) is 2.29. The Bertz CT molecular complexity index is 165. The van der Waals surface area contributed by atoms with Gasteiger partial charge in [-0.15, -0.1) is 0 Å². The largest absolute Gasteiger partial charge is 0.165 e. The quantitative estimate of drug-likeness (QED) is 0.508. The fourth-order valence-electron chi connectivity index (χ4n) is 1.75. The molecule has 0 aliphatic carbocycles. The summed E-state index contributed by atoms with van der Waals surface area (Å²) < 4.78 is 0. The zero-order chi connectivity index (χ0) is 12.2. The predicted octanol–water partition coefficient (Wildman–Crippen LogP) is 4.56. The van der Waals surface area contributed by atoms with Gasteiger partial charge >= 0.3 is 0 Å². The molecule has 0 saturated carbocycles. The van der Waals surface area contributed by atoms with Gasteiger partial charge in [0, 0.05) is 0 Å². The van der Waals surface area contributed by atoms with Crippen LogP contribution >= 0.6 is 0 Å². The molecule has 2 atom stereocenters. The monoisotopic (exact) mass is 264 g/mol. The minimum Gasteiger partial charge on any atom is -0.165 e. The van der Waals surface area contributed by atoms with Crippen molar-refractivity contribution in [3.05, 3.63) is 0 Å². The summed E-state index contributed by atoms with van der Waals surface area (Å²) in [6.07, 6.45) is 16.5. The van der Waals surface area contributed by atoms with Gasteiger partial charge in [-0.2, -0.15) is 18.9 Å². The van der Waals surface area contributed by atoms with E-state index in [2.05, 4.69) is 26.4 Å². The normalized spacial score (nSPS) is 15.0. The van der Waals surface area contributed by atoms with Gasteiger partial charge in [0.05, 0.1) is 0 Å². The van der Waals surface area contributed by atoms with Crippen molar-refractivity contribution < 1.29 is 0 Å². The molecule has 0 heterocycles. The molecule has 0 saturated heterocycles. The summed E-state index contributed by atoms with van der Waals surface area (Å²) in [7, 11) is 1.41. The molecule has 0 N–H and O–H groups in total. The molecule has 0 aliphatic rings. The molecule has 100 valence electrons. The summed E-state index contributed by atoms with van der Waals surface area (Å²) in [5.41, 5.74) is 0. The van der Waals surface area contributed by atoms with Crippen molar-refractivity contribution in [1.82, 2.24) is 0 Å². The summed E-state index contributed by atoms with van der Waals surface area (Å²) >= 11 is 0. The lowest BCUT2D eigenvalue weighted by atomic mass is 10.2. The Labute approximate surface area is 108 Å². The van der Waals surface area contributed by atoms with Crippen molar-refractivity contribution in [1.29, 1.82) is 0 Å². The second-order valence-electron chi connectivity index (χ2n) is 4.68. The van der Waals surface area contributed by atoms with E-state index in [4.69, 9.17) is 0 Å². The van der Waals surface area contributed by atoms with Crippen LogP contribution in [0.25, 0.3) is 0 Å². The molecule has 0 aromatic heterocycles. The maximum absolute atomic E-state index is 2.49. The summed E-state index contributed by atoms with van der Waals surface area (Å²) in [6, 6.07) is 0. The molecule has 0 radical (unpaired) electrons. The van der Waals surface area contributed by atoms with E-state index in [0.717, 1.165) is 0 Å². The Hall–Kier alpha value is 0.700. The van der Waals surface area contributed by atoms with Crippen LogP contribution < -0.4 is 0 Å². The highest BCUT2D eigenvalue weighted by Crippen LogP contribution is 2.04. The summed E-state index contributed by atoms with van der Waals surface area (Å²) in [4.78, 5) is 0. The third-order valence-corrected chi connectivity index (χ3v) is 9.67. The van der Waals surface area contributed by atoms with Crippen LogP contribution in [-0.4, -0.2) is 24.0 Å². The van der Waals surface area contributed by atoms with E-state index in [1.807, 2.05) is 0 Å². The molecule has 0 nitrogen and oxygen atoms in total. The average molecular weight is 265 g/mol. The predicted molar refractivity (Wildman–Crippen MR) is 84.6 cm³/mol. The Morgan fingerprint density at radius 3 is 1.25 bits per heavy atom. The highest BCUT2D eigenvalue weighted by Gasteiger charge is 1.96.